The molecule has 0 bridgehead atoms. The summed E-state index contributed by atoms with van der Waals surface area (Å²) in [5.41, 5.74) is 0. The largest absolute Gasteiger partial charge is 0.462 e. The molecule has 0 aromatic heterocycles. The molecular formula is C62H120O6. The Morgan fingerprint density at radius 2 is 0.426 bits per heavy atom. The van der Waals surface area contributed by atoms with E-state index in [2.05, 4.69) is 41.5 Å². The molecule has 0 aliphatic rings. The molecule has 0 aliphatic carbocycles. The summed E-state index contributed by atoms with van der Waals surface area (Å²) >= 11 is 0. The van der Waals surface area contributed by atoms with Crippen LogP contribution in [0.5, 0.6) is 0 Å². The lowest BCUT2D eigenvalue weighted by Crippen LogP contribution is -2.30. The number of carbonyl (C=O) groups excluding carboxylic acids is 3. The van der Waals surface area contributed by atoms with Crippen LogP contribution < -0.4 is 0 Å². The van der Waals surface area contributed by atoms with Crippen LogP contribution in [-0.2, 0) is 28.6 Å². The number of unbranched alkanes of at least 4 members (excludes halogenated alkanes) is 38. The molecule has 0 N–H and O–H groups in total. The molecule has 68 heavy (non-hydrogen) atoms. The predicted octanol–water partition coefficient (Wildman–Crippen LogP) is 20.3. The summed E-state index contributed by atoms with van der Waals surface area (Å²) in [5.74, 6) is 1.68. The summed E-state index contributed by atoms with van der Waals surface area (Å²) < 4.78 is 16.9. The van der Waals surface area contributed by atoms with E-state index in [-0.39, 0.29) is 31.1 Å². The van der Waals surface area contributed by atoms with Gasteiger partial charge in [0, 0.05) is 19.3 Å². The molecule has 0 fully saturated rings. The van der Waals surface area contributed by atoms with Gasteiger partial charge in [0.25, 0.3) is 0 Å². The molecule has 0 unspecified atom stereocenters. The molecule has 1 atom stereocenters. The second-order valence-electron chi connectivity index (χ2n) is 22.8. The molecule has 0 aromatic carbocycles. The lowest BCUT2D eigenvalue weighted by molar-refractivity contribution is -0.167. The molecule has 0 aliphatic heterocycles. The van der Waals surface area contributed by atoms with E-state index in [1.165, 1.54) is 225 Å². The highest BCUT2D eigenvalue weighted by molar-refractivity contribution is 5.71. The van der Waals surface area contributed by atoms with Crippen molar-refractivity contribution in [1.82, 2.24) is 0 Å². The van der Waals surface area contributed by atoms with E-state index in [9.17, 15) is 14.4 Å². The smallest absolute Gasteiger partial charge is 0.306 e. The van der Waals surface area contributed by atoms with E-state index >= 15 is 0 Å². The fourth-order valence-electron chi connectivity index (χ4n) is 9.53. The molecule has 0 radical (unpaired) electrons. The predicted molar refractivity (Wildman–Crippen MR) is 293 cm³/mol. The molecule has 404 valence electrons. The van der Waals surface area contributed by atoms with Crippen molar-refractivity contribution in [3.63, 3.8) is 0 Å². The molecule has 0 spiro atoms. The first kappa shape index (κ1) is 66.4. The van der Waals surface area contributed by atoms with Crippen molar-refractivity contribution < 1.29 is 28.6 Å². The molecule has 6 heteroatoms. The van der Waals surface area contributed by atoms with Crippen molar-refractivity contribution in [2.45, 2.75) is 349 Å². The zero-order valence-corrected chi connectivity index (χ0v) is 46.9. The third-order valence-electron chi connectivity index (χ3n) is 14.1. The quantitative estimate of drug-likeness (QED) is 0.0343. The summed E-state index contributed by atoms with van der Waals surface area (Å²) in [5, 5.41) is 0. The first-order valence-electron chi connectivity index (χ1n) is 30.6. The van der Waals surface area contributed by atoms with Crippen molar-refractivity contribution in [1.29, 1.82) is 0 Å². The standard InChI is InChI=1S/C62H120O6/c1-56(2)48-42-36-30-24-18-14-10-7-8-12-16-20-27-33-39-45-51-60(63)66-54-59(55-67-61(64)52-46-40-34-28-23-22-26-32-38-44-50-58(5)6)68-62(65)53-47-41-35-29-21-17-13-9-11-15-19-25-31-37-43-49-57(3)4/h56-59H,7-55H2,1-6H3/t59-/m1/s1. The maximum atomic E-state index is 12.9. The molecule has 0 heterocycles. The Morgan fingerprint density at radius 3 is 0.632 bits per heavy atom. The minimum atomic E-state index is -0.764. The van der Waals surface area contributed by atoms with Gasteiger partial charge in [-0.05, 0) is 37.0 Å². The van der Waals surface area contributed by atoms with E-state index in [0.717, 1.165) is 75.5 Å². The van der Waals surface area contributed by atoms with Crippen molar-refractivity contribution >= 4 is 17.9 Å². The van der Waals surface area contributed by atoms with Crippen molar-refractivity contribution in [3.05, 3.63) is 0 Å². The zero-order chi connectivity index (χ0) is 49.8. The Kier molecular flexibility index (Phi) is 52.0. The van der Waals surface area contributed by atoms with Crippen molar-refractivity contribution in [3.8, 4) is 0 Å². The monoisotopic (exact) mass is 961 g/mol. The van der Waals surface area contributed by atoms with Crippen LogP contribution in [0.15, 0.2) is 0 Å². The van der Waals surface area contributed by atoms with E-state index < -0.39 is 6.10 Å². The van der Waals surface area contributed by atoms with Gasteiger partial charge in [0.1, 0.15) is 13.2 Å². The second kappa shape index (κ2) is 53.2. The van der Waals surface area contributed by atoms with E-state index in [1.54, 1.807) is 0 Å². The molecule has 0 rings (SSSR count). The van der Waals surface area contributed by atoms with Gasteiger partial charge in [-0.1, -0.05) is 305 Å². The Labute approximate surface area is 425 Å². The van der Waals surface area contributed by atoms with Gasteiger partial charge < -0.3 is 14.2 Å². The summed E-state index contributed by atoms with van der Waals surface area (Å²) in [6, 6.07) is 0. The van der Waals surface area contributed by atoms with E-state index in [1.807, 2.05) is 0 Å². The molecule has 0 amide bonds. The summed E-state index contributed by atoms with van der Waals surface area (Å²) in [4.78, 5) is 38.2. The highest BCUT2D eigenvalue weighted by Gasteiger charge is 2.19. The van der Waals surface area contributed by atoms with E-state index in [4.69, 9.17) is 14.2 Å². The summed E-state index contributed by atoms with van der Waals surface area (Å²) in [6.07, 6.45) is 56.7. The topological polar surface area (TPSA) is 78.9 Å². The van der Waals surface area contributed by atoms with Crippen LogP contribution in [0.2, 0.25) is 0 Å². The average Bonchev–Trinajstić information content (AvgIpc) is 3.30. The fraction of sp³-hybridized carbons (Fsp3) is 0.952. The molecule has 6 nitrogen and oxygen atoms in total. The molecule has 0 saturated heterocycles. The summed E-state index contributed by atoms with van der Waals surface area (Å²) in [6.45, 7) is 13.8. The maximum Gasteiger partial charge on any atom is 0.306 e. The molecule has 0 saturated carbocycles. The first-order valence-corrected chi connectivity index (χ1v) is 30.6. The Hall–Kier alpha value is -1.59. The highest BCUT2D eigenvalue weighted by Crippen LogP contribution is 2.19. The van der Waals surface area contributed by atoms with Gasteiger partial charge in [0.05, 0.1) is 0 Å². The van der Waals surface area contributed by atoms with Crippen LogP contribution in [-0.4, -0.2) is 37.2 Å². The maximum absolute atomic E-state index is 12.9. The van der Waals surface area contributed by atoms with Gasteiger partial charge in [0.2, 0.25) is 0 Å². The van der Waals surface area contributed by atoms with Gasteiger partial charge in [-0.25, -0.2) is 0 Å². The molecular weight excluding hydrogens is 841 g/mol. The number of esters is 3. The van der Waals surface area contributed by atoms with Gasteiger partial charge in [-0.15, -0.1) is 0 Å². The minimum Gasteiger partial charge on any atom is -0.462 e. The molecule has 0 aromatic rings. The minimum absolute atomic E-state index is 0.0630. The van der Waals surface area contributed by atoms with Crippen LogP contribution in [0.1, 0.15) is 343 Å². The average molecular weight is 962 g/mol. The summed E-state index contributed by atoms with van der Waals surface area (Å²) in [7, 11) is 0. The fourth-order valence-corrected chi connectivity index (χ4v) is 9.53. The Bertz CT molecular complexity index is 1050. The Morgan fingerprint density at radius 1 is 0.250 bits per heavy atom. The lowest BCUT2D eigenvalue weighted by Gasteiger charge is -2.18. The number of hydrogen-bond donors (Lipinski definition) is 0. The third-order valence-corrected chi connectivity index (χ3v) is 14.1. The number of carbonyl (C=O) groups is 3. The SMILES string of the molecule is CC(C)CCCCCCCCCCCCCCCCCCC(=O)OC[C@H](COC(=O)CCCCCCCCCCCCC(C)C)OC(=O)CCCCCCCCCCCCCCCCCC(C)C. The van der Waals surface area contributed by atoms with Crippen LogP contribution in [0, 0.1) is 17.8 Å². The lowest BCUT2D eigenvalue weighted by atomic mass is 10.0. The van der Waals surface area contributed by atoms with Crippen LogP contribution >= 0.6 is 0 Å². The number of hydrogen-bond acceptors (Lipinski definition) is 6. The van der Waals surface area contributed by atoms with Gasteiger partial charge in [0.15, 0.2) is 6.10 Å². The van der Waals surface area contributed by atoms with Crippen LogP contribution in [0.25, 0.3) is 0 Å². The van der Waals surface area contributed by atoms with Crippen molar-refractivity contribution in [2.75, 3.05) is 13.2 Å². The van der Waals surface area contributed by atoms with Gasteiger partial charge in [-0.2, -0.15) is 0 Å². The van der Waals surface area contributed by atoms with E-state index in [0.29, 0.717) is 19.3 Å². The van der Waals surface area contributed by atoms with Crippen molar-refractivity contribution in [2.24, 2.45) is 17.8 Å². The number of rotatable bonds is 55. The van der Waals surface area contributed by atoms with Gasteiger partial charge in [-0.3, -0.25) is 14.4 Å². The number of ether oxygens (including phenoxy) is 3. The van der Waals surface area contributed by atoms with Crippen LogP contribution in [0.3, 0.4) is 0 Å². The van der Waals surface area contributed by atoms with Crippen LogP contribution in [0.4, 0.5) is 0 Å². The zero-order valence-electron chi connectivity index (χ0n) is 46.9. The third kappa shape index (κ3) is 55.3. The highest BCUT2D eigenvalue weighted by atomic mass is 16.6. The Balaban J connectivity index is 4.27. The normalized spacial score (nSPS) is 12.1. The first-order chi connectivity index (χ1) is 33.1. The van der Waals surface area contributed by atoms with Gasteiger partial charge >= 0.3 is 17.9 Å². The second-order valence-corrected chi connectivity index (χ2v) is 22.8.